The maximum absolute atomic E-state index is 12.6. The Morgan fingerprint density at radius 1 is 1.14 bits per heavy atom. The molecule has 0 radical (unpaired) electrons. The standard InChI is InChI=1S/C17H17N3O2/c21-16(14-6-2-1-3-7-14)20(17(22)19-15-8-9-15)12-13-5-4-10-18-11-13/h1-7,10-11,15H,8-9,12H2,(H,19,22). The van der Waals surface area contributed by atoms with Gasteiger partial charge in [-0.05, 0) is 36.6 Å². The minimum atomic E-state index is -0.347. The minimum absolute atomic E-state index is 0.201. The highest BCUT2D eigenvalue weighted by molar-refractivity contribution is 6.04. The summed E-state index contributed by atoms with van der Waals surface area (Å²) in [5, 5.41) is 2.87. The zero-order chi connectivity index (χ0) is 15.4. The van der Waals surface area contributed by atoms with Crippen LogP contribution in [0, 0.1) is 0 Å². The summed E-state index contributed by atoms with van der Waals surface area (Å²) >= 11 is 0. The fraction of sp³-hybridized carbons (Fsp3) is 0.235. The molecule has 0 unspecified atom stereocenters. The normalized spacial score (nSPS) is 13.5. The SMILES string of the molecule is O=C(NC1CC1)N(Cc1cccnc1)C(=O)c1ccccc1. The Labute approximate surface area is 129 Å². The Hall–Kier alpha value is -2.69. The summed E-state index contributed by atoms with van der Waals surface area (Å²) in [4.78, 5) is 30.3. The van der Waals surface area contributed by atoms with Crippen molar-refractivity contribution in [3.63, 3.8) is 0 Å². The average molecular weight is 295 g/mol. The number of imide groups is 1. The van der Waals surface area contributed by atoms with Crippen LogP contribution >= 0.6 is 0 Å². The monoisotopic (exact) mass is 295 g/mol. The summed E-state index contributed by atoms with van der Waals surface area (Å²) in [6.07, 6.45) is 5.28. The van der Waals surface area contributed by atoms with Gasteiger partial charge < -0.3 is 5.32 Å². The number of rotatable bonds is 4. The fourth-order valence-corrected chi connectivity index (χ4v) is 2.13. The van der Waals surface area contributed by atoms with Crippen molar-refractivity contribution < 1.29 is 9.59 Å². The first kappa shape index (κ1) is 14.3. The molecule has 1 fully saturated rings. The van der Waals surface area contributed by atoms with E-state index < -0.39 is 0 Å². The van der Waals surface area contributed by atoms with Crippen LogP contribution in [0.4, 0.5) is 4.79 Å². The number of carbonyl (C=O) groups is 2. The van der Waals surface area contributed by atoms with Gasteiger partial charge in [0, 0.05) is 24.0 Å². The molecular formula is C17H17N3O2. The Morgan fingerprint density at radius 3 is 2.55 bits per heavy atom. The van der Waals surface area contributed by atoms with Gasteiger partial charge in [-0.3, -0.25) is 14.7 Å². The molecule has 0 bridgehead atoms. The van der Waals surface area contributed by atoms with Crippen LogP contribution in [0.3, 0.4) is 0 Å². The first-order valence-electron chi connectivity index (χ1n) is 7.30. The van der Waals surface area contributed by atoms with E-state index in [-0.39, 0.29) is 24.5 Å². The van der Waals surface area contributed by atoms with Crippen molar-refractivity contribution in [2.24, 2.45) is 0 Å². The van der Waals surface area contributed by atoms with Gasteiger partial charge in [0.05, 0.1) is 6.54 Å². The van der Waals surface area contributed by atoms with E-state index in [0.717, 1.165) is 18.4 Å². The molecule has 22 heavy (non-hydrogen) atoms. The lowest BCUT2D eigenvalue weighted by molar-refractivity contribution is 0.0790. The maximum Gasteiger partial charge on any atom is 0.324 e. The summed E-state index contributed by atoms with van der Waals surface area (Å²) < 4.78 is 0. The molecule has 5 heteroatoms. The summed E-state index contributed by atoms with van der Waals surface area (Å²) in [5.74, 6) is -0.303. The first-order chi connectivity index (χ1) is 10.7. The summed E-state index contributed by atoms with van der Waals surface area (Å²) in [6.45, 7) is 0.208. The second-order valence-electron chi connectivity index (χ2n) is 5.34. The minimum Gasteiger partial charge on any atom is -0.335 e. The number of hydrogen-bond acceptors (Lipinski definition) is 3. The molecule has 3 amide bonds. The van der Waals surface area contributed by atoms with Crippen molar-refractivity contribution in [3.8, 4) is 0 Å². The number of pyridine rings is 1. The van der Waals surface area contributed by atoms with Gasteiger partial charge >= 0.3 is 6.03 Å². The molecule has 112 valence electrons. The Morgan fingerprint density at radius 2 is 1.91 bits per heavy atom. The molecule has 1 aliphatic carbocycles. The predicted molar refractivity (Wildman–Crippen MR) is 82.1 cm³/mol. The number of urea groups is 1. The molecule has 0 spiro atoms. The van der Waals surface area contributed by atoms with Crippen LogP contribution in [0.2, 0.25) is 0 Å². The van der Waals surface area contributed by atoms with E-state index in [2.05, 4.69) is 10.3 Å². The van der Waals surface area contributed by atoms with Gasteiger partial charge in [-0.2, -0.15) is 0 Å². The quantitative estimate of drug-likeness (QED) is 0.943. The van der Waals surface area contributed by atoms with Crippen LogP contribution in [0.25, 0.3) is 0 Å². The number of aromatic nitrogens is 1. The smallest absolute Gasteiger partial charge is 0.324 e. The lowest BCUT2D eigenvalue weighted by Crippen LogP contribution is -2.44. The van der Waals surface area contributed by atoms with Crippen LogP contribution in [0.1, 0.15) is 28.8 Å². The number of nitrogens with one attached hydrogen (secondary N) is 1. The van der Waals surface area contributed by atoms with E-state index in [1.165, 1.54) is 4.90 Å². The topological polar surface area (TPSA) is 62.3 Å². The van der Waals surface area contributed by atoms with Crippen molar-refractivity contribution in [3.05, 3.63) is 66.0 Å². The van der Waals surface area contributed by atoms with Crippen molar-refractivity contribution >= 4 is 11.9 Å². The summed E-state index contributed by atoms with van der Waals surface area (Å²) in [6, 6.07) is 12.3. The summed E-state index contributed by atoms with van der Waals surface area (Å²) in [7, 11) is 0. The van der Waals surface area contributed by atoms with Gasteiger partial charge in [-0.15, -0.1) is 0 Å². The van der Waals surface area contributed by atoms with Crippen LogP contribution in [0.15, 0.2) is 54.9 Å². The largest absolute Gasteiger partial charge is 0.335 e. The molecule has 1 heterocycles. The van der Waals surface area contributed by atoms with E-state index >= 15 is 0 Å². The van der Waals surface area contributed by atoms with Gasteiger partial charge in [0.1, 0.15) is 0 Å². The molecule has 1 aromatic heterocycles. The number of amides is 3. The van der Waals surface area contributed by atoms with Crippen molar-refractivity contribution in [1.82, 2.24) is 15.2 Å². The highest BCUT2D eigenvalue weighted by atomic mass is 16.2. The maximum atomic E-state index is 12.6. The van der Waals surface area contributed by atoms with E-state index in [4.69, 9.17) is 0 Å². The third kappa shape index (κ3) is 3.49. The molecule has 0 aliphatic heterocycles. The van der Waals surface area contributed by atoms with Crippen molar-refractivity contribution in [1.29, 1.82) is 0 Å². The number of carbonyl (C=O) groups excluding carboxylic acids is 2. The summed E-state index contributed by atoms with van der Waals surface area (Å²) in [5.41, 5.74) is 1.31. The molecular weight excluding hydrogens is 278 g/mol. The van der Waals surface area contributed by atoms with Gasteiger partial charge in [0.25, 0.3) is 5.91 Å². The average Bonchev–Trinajstić information content (AvgIpc) is 3.37. The lowest BCUT2D eigenvalue weighted by Gasteiger charge is -2.21. The van der Waals surface area contributed by atoms with Gasteiger partial charge in [-0.25, -0.2) is 4.79 Å². The lowest BCUT2D eigenvalue weighted by atomic mass is 10.2. The van der Waals surface area contributed by atoms with Crippen LogP contribution in [-0.2, 0) is 6.54 Å². The fourth-order valence-electron chi connectivity index (χ4n) is 2.13. The number of nitrogens with zero attached hydrogens (tertiary/aromatic N) is 2. The number of benzene rings is 1. The van der Waals surface area contributed by atoms with E-state index in [9.17, 15) is 9.59 Å². The van der Waals surface area contributed by atoms with Crippen LogP contribution in [-0.4, -0.2) is 27.9 Å². The molecule has 0 saturated heterocycles. The Bertz CT molecular complexity index is 654. The van der Waals surface area contributed by atoms with Gasteiger partial charge in [0.2, 0.25) is 0 Å². The van der Waals surface area contributed by atoms with E-state index in [0.29, 0.717) is 5.56 Å². The first-order valence-corrected chi connectivity index (χ1v) is 7.30. The van der Waals surface area contributed by atoms with Gasteiger partial charge in [-0.1, -0.05) is 24.3 Å². The second kappa shape index (κ2) is 6.39. The van der Waals surface area contributed by atoms with Crippen molar-refractivity contribution in [2.75, 3.05) is 0 Å². The Kier molecular flexibility index (Phi) is 4.14. The molecule has 1 saturated carbocycles. The number of hydrogen-bond donors (Lipinski definition) is 1. The van der Waals surface area contributed by atoms with Crippen molar-refractivity contribution in [2.45, 2.75) is 25.4 Å². The van der Waals surface area contributed by atoms with Gasteiger partial charge in [0.15, 0.2) is 0 Å². The molecule has 1 aliphatic rings. The third-order valence-corrected chi connectivity index (χ3v) is 3.48. The predicted octanol–water partition coefficient (Wildman–Crippen LogP) is 2.60. The molecule has 1 aromatic carbocycles. The zero-order valence-electron chi connectivity index (χ0n) is 12.1. The van der Waals surface area contributed by atoms with E-state index in [1.807, 2.05) is 12.1 Å². The highest BCUT2D eigenvalue weighted by Gasteiger charge is 2.29. The van der Waals surface area contributed by atoms with E-state index in [1.54, 1.807) is 42.7 Å². The highest BCUT2D eigenvalue weighted by Crippen LogP contribution is 2.20. The molecule has 1 N–H and O–H groups in total. The molecule has 5 nitrogen and oxygen atoms in total. The Balaban J connectivity index is 1.81. The molecule has 3 rings (SSSR count). The van der Waals surface area contributed by atoms with Crippen LogP contribution < -0.4 is 5.32 Å². The zero-order valence-corrected chi connectivity index (χ0v) is 12.1. The van der Waals surface area contributed by atoms with Crippen LogP contribution in [0.5, 0.6) is 0 Å². The second-order valence-corrected chi connectivity index (χ2v) is 5.34. The molecule has 0 atom stereocenters. The third-order valence-electron chi connectivity index (χ3n) is 3.48. The molecule has 2 aromatic rings.